The van der Waals surface area contributed by atoms with Crippen molar-refractivity contribution in [1.29, 1.82) is 0 Å². The summed E-state index contributed by atoms with van der Waals surface area (Å²) in [5, 5.41) is 3.23. The molecule has 1 aromatic carbocycles. The molecule has 5 heteroatoms. The highest BCUT2D eigenvalue weighted by Crippen LogP contribution is 2.55. The van der Waals surface area contributed by atoms with Gasteiger partial charge in [0.15, 0.2) is 0 Å². The van der Waals surface area contributed by atoms with E-state index in [9.17, 15) is 0 Å². The zero-order chi connectivity index (χ0) is 11.2. The Morgan fingerprint density at radius 3 is 2.50 bits per heavy atom. The number of fused-ring (bicyclic) bond motifs is 1. The van der Waals surface area contributed by atoms with Crippen LogP contribution in [0, 0.1) is 0 Å². The van der Waals surface area contributed by atoms with Crippen molar-refractivity contribution in [3.05, 3.63) is 35.4 Å². The molecule has 3 rings (SSSR count). The van der Waals surface area contributed by atoms with Gasteiger partial charge in [-0.25, -0.2) is 5.09 Å². The summed E-state index contributed by atoms with van der Waals surface area (Å²) in [7, 11) is 1.62. The highest BCUT2D eigenvalue weighted by atomic mass is 32.5. The highest BCUT2D eigenvalue weighted by molar-refractivity contribution is 8.09. The molecule has 0 aromatic heterocycles. The Morgan fingerprint density at radius 1 is 1.38 bits per heavy atom. The van der Waals surface area contributed by atoms with Crippen molar-refractivity contribution in [1.82, 2.24) is 5.09 Å². The lowest BCUT2D eigenvalue weighted by Gasteiger charge is -2.22. The molecule has 2 aliphatic rings. The molecule has 1 heterocycles. The fourth-order valence-electron chi connectivity index (χ4n) is 2.51. The Labute approximate surface area is 100 Å². The monoisotopic (exact) mass is 255 g/mol. The predicted molar refractivity (Wildman–Crippen MR) is 67.0 cm³/mol. The lowest BCUT2D eigenvalue weighted by atomic mass is 10.0. The fraction of sp³-hybridized carbons (Fsp3) is 0.455. The molecule has 0 radical (unpaired) electrons. The average Bonchev–Trinajstić information content (AvgIpc) is 2.80. The van der Waals surface area contributed by atoms with Crippen molar-refractivity contribution < 1.29 is 9.05 Å². The zero-order valence-corrected chi connectivity index (χ0v) is 10.8. The molecule has 1 saturated heterocycles. The number of hydrogen-bond donors (Lipinski definition) is 1. The first-order chi connectivity index (χ1) is 7.65. The summed E-state index contributed by atoms with van der Waals surface area (Å²) < 4.78 is 11.3. The second kappa shape index (κ2) is 3.62. The molecule has 1 aliphatic carbocycles. The average molecular weight is 255 g/mol. The Morgan fingerprint density at radius 2 is 2.00 bits per heavy atom. The zero-order valence-electron chi connectivity index (χ0n) is 9.10. The van der Waals surface area contributed by atoms with Crippen LogP contribution in [-0.2, 0) is 33.7 Å². The minimum atomic E-state index is -2.21. The fourth-order valence-corrected chi connectivity index (χ4v) is 4.63. The second-order valence-corrected chi connectivity index (χ2v) is 7.71. The van der Waals surface area contributed by atoms with E-state index in [0.29, 0.717) is 0 Å². The van der Waals surface area contributed by atoms with E-state index in [1.807, 2.05) is 0 Å². The van der Waals surface area contributed by atoms with Crippen LogP contribution in [0.3, 0.4) is 0 Å². The Bertz CT molecular complexity index is 452. The van der Waals surface area contributed by atoms with Crippen LogP contribution in [0.5, 0.6) is 0 Å². The maximum Gasteiger partial charge on any atom is 0.261 e. The third kappa shape index (κ3) is 1.66. The van der Waals surface area contributed by atoms with E-state index in [1.54, 1.807) is 7.11 Å². The molecule has 86 valence electrons. The third-order valence-electron chi connectivity index (χ3n) is 3.29. The van der Waals surface area contributed by atoms with E-state index >= 15 is 0 Å². The molecular formula is C11H14NO2PS. The van der Waals surface area contributed by atoms with Gasteiger partial charge in [0, 0.05) is 26.5 Å². The minimum absolute atomic E-state index is 0.158. The first-order valence-corrected chi connectivity index (χ1v) is 7.97. The van der Waals surface area contributed by atoms with Gasteiger partial charge in [0.05, 0.1) is 5.60 Å². The molecular weight excluding hydrogens is 241 g/mol. The first kappa shape index (κ1) is 10.9. The molecule has 1 unspecified atom stereocenters. The Balaban J connectivity index is 1.89. The standard InChI is InChI=1S/C11H14NO2PS/c1-13-15(16)12-8-11(14-15)6-9-4-2-3-5-10(9)7-11/h2-5H,6-8H2,1H3,(H,12,16). The number of benzene rings is 1. The molecule has 1 atom stereocenters. The van der Waals surface area contributed by atoms with E-state index < -0.39 is 6.64 Å². The first-order valence-electron chi connectivity index (χ1n) is 5.33. The molecule has 1 spiro atoms. The maximum absolute atomic E-state index is 6.02. The van der Waals surface area contributed by atoms with Crippen LogP contribution in [0.25, 0.3) is 0 Å². The molecule has 0 bridgehead atoms. The minimum Gasteiger partial charge on any atom is -0.321 e. The van der Waals surface area contributed by atoms with Crippen molar-refractivity contribution in [2.75, 3.05) is 13.7 Å². The number of nitrogens with one attached hydrogen (secondary N) is 1. The van der Waals surface area contributed by atoms with Gasteiger partial charge in [-0.2, -0.15) is 0 Å². The van der Waals surface area contributed by atoms with E-state index in [0.717, 1.165) is 19.4 Å². The highest BCUT2D eigenvalue weighted by Gasteiger charge is 2.47. The lowest BCUT2D eigenvalue weighted by molar-refractivity contribution is 0.113. The van der Waals surface area contributed by atoms with Crippen molar-refractivity contribution in [3.8, 4) is 0 Å². The predicted octanol–water partition coefficient (Wildman–Crippen LogP) is 2.01. The Kier molecular flexibility index (Phi) is 2.46. The summed E-state index contributed by atoms with van der Waals surface area (Å²) in [6.45, 7) is -1.41. The van der Waals surface area contributed by atoms with Crippen LogP contribution in [0.2, 0.25) is 0 Å². The molecule has 0 saturated carbocycles. The maximum atomic E-state index is 6.02. The van der Waals surface area contributed by atoms with Crippen molar-refractivity contribution >= 4 is 18.4 Å². The van der Waals surface area contributed by atoms with Crippen LogP contribution < -0.4 is 5.09 Å². The summed E-state index contributed by atoms with van der Waals surface area (Å²) in [5.74, 6) is 0. The van der Waals surface area contributed by atoms with Gasteiger partial charge in [-0.3, -0.25) is 0 Å². The number of rotatable bonds is 1. The largest absolute Gasteiger partial charge is 0.321 e. The molecule has 0 amide bonds. The van der Waals surface area contributed by atoms with Crippen molar-refractivity contribution in [2.24, 2.45) is 0 Å². The number of hydrogen-bond acceptors (Lipinski definition) is 3. The molecule has 1 fully saturated rings. The summed E-state index contributed by atoms with van der Waals surface area (Å²) in [6.07, 6.45) is 1.88. The van der Waals surface area contributed by atoms with Gasteiger partial charge in [-0.15, -0.1) is 0 Å². The lowest BCUT2D eigenvalue weighted by Crippen LogP contribution is -2.33. The van der Waals surface area contributed by atoms with Gasteiger partial charge in [0.1, 0.15) is 0 Å². The van der Waals surface area contributed by atoms with Gasteiger partial charge in [-0.05, 0) is 22.9 Å². The van der Waals surface area contributed by atoms with E-state index in [4.69, 9.17) is 20.9 Å². The van der Waals surface area contributed by atoms with Crippen molar-refractivity contribution in [3.63, 3.8) is 0 Å². The van der Waals surface area contributed by atoms with Crippen molar-refractivity contribution in [2.45, 2.75) is 18.4 Å². The summed E-state index contributed by atoms with van der Waals surface area (Å²) >= 11 is 5.34. The smallest absolute Gasteiger partial charge is 0.261 e. The van der Waals surface area contributed by atoms with Gasteiger partial charge in [-0.1, -0.05) is 24.3 Å². The molecule has 3 nitrogen and oxygen atoms in total. The van der Waals surface area contributed by atoms with Gasteiger partial charge in [0.2, 0.25) is 0 Å². The summed E-state index contributed by atoms with van der Waals surface area (Å²) in [6, 6.07) is 8.49. The third-order valence-corrected chi connectivity index (χ3v) is 6.00. The van der Waals surface area contributed by atoms with E-state index in [1.165, 1.54) is 11.1 Å². The van der Waals surface area contributed by atoms with E-state index in [-0.39, 0.29) is 5.60 Å². The molecule has 16 heavy (non-hydrogen) atoms. The summed E-state index contributed by atoms with van der Waals surface area (Å²) in [4.78, 5) is 0. The Hall–Kier alpha value is -0.250. The SMILES string of the molecule is COP1(=S)NCC2(Cc3ccccc3C2)O1. The molecule has 1 aromatic rings. The van der Waals surface area contributed by atoms with Crippen LogP contribution in [-0.4, -0.2) is 19.3 Å². The van der Waals surface area contributed by atoms with Crippen LogP contribution in [0.1, 0.15) is 11.1 Å². The van der Waals surface area contributed by atoms with Gasteiger partial charge in [0.25, 0.3) is 6.64 Å². The molecule has 1 aliphatic heterocycles. The quantitative estimate of drug-likeness (QED) is 0.778. The van der Waals surface area contributed by atoms with Crippen LogP contribution >= 0.6 is 6.64 Å². The van der Waals surface area contributed by atoms with Gasteiger partial charge >= 0.3 is 0 Å². The van der Waals surface area contributed by atoms with Crippen LogP contribution in [0.15, 0.2) is 24.3 Å². The van der Waals surface area contributed by atoms with E-state index in [2.05, 4.69) is 29.4 Å². The molecule has 1 N–H and O–H groups in total. The topological polar surface area (TPSA) is 30.5 Å². The van der Waals surface area contributed by atoms with Crippen LogP contribution in [0.4, 0.5) is 0 Å². The second-order valence-electron chi connectivity index (χ2n) is 4.41. The normalized spacial score (nSPS) is 30.8. The van der Waals surface area contributed by atoms with Gasteiger partial charge < -0.3 is 9.05 Å². The summed E-state index contributed by atoms with van der Waals surface area (Å²) in [5.41, 5.74) is 2.60.